The molecule has 0 amide bonds. The lowest BCUT2D eigenvalue weighted by atomic mass is 9.98. The Morgan fingerprint density at radius 3 is 1.30 bits per heavy atom. The summed E-state index contributed by atoms with van der Waals surface area (Å²) in [5, 5.41) is 0. The highest BCUT2D eigenvalue weighted by molar-refractivity contribution is 6.44. The molecule has 0 fully saturated rings. The second-order valence-electron chi connectivity index (χ2n) is 8.74. The van der Waals surface area contributed by atoms with E-state index in [1.54, 1.807) is 22.3 Å². The molecule has 138 valence electrons. The Morgan fingerprint density at radius 1 is 0.556 bits per heavy atom. The summed E-state index contributed by atoms with van der Waals surface area (Å²) in [6.45, 7) is 18.4. The molecule has 2 aliphatic rings. The van der Waals surface area contributed by atoms with Crippen molar-refractivity contribution >= 4 is 20.7 Å². The third-order valence-corrected chi connectivity index (χ3v) is 8.93. The van der Waals surface area contributed by atoms with E-state index in [2.05, 4.69) is 79.7 Å². The van der Waals surface area contributed by atoms with Crippen molar-refractivity contribution in [1.82, 2.24) is 0 Å². The molecule has 0 heterocycles. The summed E-state index contributed by atoms with van der Waals surface area (Å²) in [5.74, 6) is 0. The van der Waals surface area contributed by atoms with Crippen molar-refractivity contribution in [3.63, 3.8) is 0 Å². The predicted molar refractivity (Wildman–Crippen MR) is 120 cm³/mol. The molecule has 0 aromatic heterocycles. The van der Waals surface area contributed by atoms with Crippen molar-refractivity contribution in [2.45, 2.75) is 66.5 Å². The number of benzene rings is 2. The lowest BCUT2D eigenvalue weighted by Gasteiger charge is -2.22. The number of hydrogen-bond donors (Lipinski definition) is 0. The Labute approximate surface area is 167 Å². The lowest BCUT2D eigenvalue weighted by molar-refractivity contribution is 1.03. The van der Waals surface area contributed by atoms with Crippen molar-refractivity contribution in [2.75, 3.05) is 0 Å². The summed E-state index contributed by atoms with van der Waals surface area (Å²) in [4.78, 5) is 0. The van der Waals surface area contributed by atoms with Crippen LogP contribution in [0.25, 0.3) is 11.1 Å². The SMILES string of the molecule is CC1=C(C)C([Si]C2C(C)=C(C)c3c(C)cc(C)cc32)c2cc(C)cc(C)c21. The van der Waals surface area contributed by atoms with Crippen LogP contribution in [0.5, 0.6) is 0 Å². The first kappa shape index (κ1) is 18.5. The van der Waals surface area contributed by atoms with Gasteiger partial charge in [-0.15, -0.1) is 0 Å². The van der Waals surface area contributed by atoms with Crippen LogP contribution in [0.1, 0.15) is 83.3 Å². The minimum absolute atomic E-state index is 0.568. The van der Waals surface area contributed by atoms with Gasteiger partial charge in [-0.1, -0.05) is 46.5 Å². The molecule has 2 aliphatic carbocycles. The van der Waals surface area contributed by atoms with E-state index in [-0.39, 0.29) is 0 Å². The molecule has 4 rings (SSSR count). The fraction of sp³-hybridized carbons (Fsp3) is 0.385. The van der Waals surface area contributed by atoms with Gasteiger partial charge in [0.2, 0.25) is 0 Å². The first-order valence-electron chi connectivity index (χ1n) is 10.0. The summed E-state index contributed by atoms with van der Waals surface area (Å²) >= 11 is 0. The van der Waals surface area contributed by atoms with Gasteiger partial charge < -0.3 is 0 Å². The first-order valence-corrected chi connectivity index (χ1v) is 11.2. The van der Waals surface area contributed by atoms with E-state index in [0.717, 1.165) is 9.52 Å². The molecule has 2 radical (unpaired) electrons. The quantitative estimate of drug-likeness (QED) is 0.498. The van der Waals surface area contributed by atoms with Crippen LogP contribution >= 0.6 is 0 Å². The van der Waals surface area contributed by atoms with Crippen molar-refractivity contribution < 1.29 is 0 Å². The van der Waals surface area contributed by atoms with Crippen LogP contribution in [0.15, 0.2) is 35.4 Å². The molecular weight excluding hydrogens is 340 g/mol. The van der Waals surface area contributed by atoms with Gasteiger partial charge in [-0.05, 0) is 111 Å². The van der Waals surface area contributed by atoms with Crippen LogP contribution in [0.3, 0.4) is 0 Å². The largest absolute Gasteiger partial charge is 0.0678 e. The van der Waals surface area contributed by atoms with Crippen LogP contribution in [0.4, 0.5) is 0 Å². The number of allylic oxidation sites excluding steroid dienone is 4. The molecule has 0 N–H and O–H groups in total. The van der Waals surface area contributed by atoms with E-state index >= 15 is 0 Å². The third-order valence-electron chi connectivity index (χ3n) is 6.78. The average Bonchev–Trinajstić information content (AvgIpc) is 2.95. The molecule has 0 bridgehead atoms. The molecular formula is C26H30Si. The maximum atomic E-state index is 2.45. The van der Waals surface area contributed by atoms with Gasteiger partial charge >= 0.3 is 0 Å². The van der Waals surface area contributed by atoms with Gasteiger partial charge in [0.15, 0.2) is 0 Å². The van der Waals surface area contributed by atoms with Gasteiger partial charge in [-0.3, -0.25) is 0 Å². The maximum Gasteiger partial charge on any atom is 0.0678 e. The highest BCUT2D eigenvalue weighted by Gasteiger charge is 2.35. The molecule has 2 atom stereocenters. The van der Waals surface area contributed by atoms with Crippen molar-refractivity contribution in [3.05, 3.63) is 79.9 Å². The first-order chi connectivity index (χ1) is 12.7. The van der Waals surface area contributed by atoms with E-state index < -0.39 is 0 Å². The van der Waals surface area contributed by atoms with Crippen molar-refractivity contribution in [2.24, 2.45) is 0 Å². The van der Waals surface area contributed by atoms with Gasteiger partial charge in [0, 0.05) is 0 Å². The topological polar surface area (TPSA) is 0 Å². The molecule has 2 aromatic carbocycles. The van der Waals surface area contributed by atoms with E-state index in [0.29, 0.717) is 11.1 Å². The minimum atomic E-state index is 0.568. The molecule has 1 heteroatoms. The maximum absolute atomic E-state index is 2.45. The summed E-state index contributed by atoms with van der Waals surface area (Å²) in [6.07, 6.45) is 0. The van der Waals surface area contributed by atoms with Gasteiger partial charge in [0.05, 0.1) is 9.52 Å². The van der Waals surface area contributed by atoms with Crippen LogP contribution in [-0.2, 0) is 0 Å². The average molecular weight is 371 g/mol. The molecule has 0 spiro atoms. The highest BCUT2D eigenvalue weighted by Crippen LogP contribution is 2.49. The normalized spacial score (nSPS) is 21.2. The molecule has 0 saturated carbocycles. The third kappa shape index (κ3) is 2.70. The van der Waals surface area contributed by atoms with E-state index in [1.165, 1.54) is 44.5 Å². The Balaban J connectivity index is 1.82. The predicted octanol–water partition coefficient (Wildman–Crippen LogP) is 7.02. The molecule has 0 nitrogen and oxygen atoms in total. The molecule has 27 heavy (non-hydrogen) atoms. The molecule has 2 aromatic rings. The summed E-state index contributed by atoms with van der Waals surface area (Å²) in [6, 6.07) is 9.58. The highest BCUT2D eigenvalue weighted by atomic mass is 28.2. The Hall–Kier alpha value is -1.86. The summed E-state index contributed by atoms with van der Waals surface area (Å²) in [5.41, 5.74) is 19.2. The van der Waals surface area contributed by atoms with Gasteiger partial charge in [-0.2, -0.15) is 0 Å². The van der Waals surface area contributed by atoms with Crippen molar-refractivity contribution in [3.8, 4) is 0 Å². The zero-order valence-electron chi connectivity index (χ0n) is 18.0. The van der Waals surface area contributed by atoms with Crippen LogP contribution in [0.2, 0.25) is 0 Å². The zero-order valence-corrected chi connectivity index (χ0v) is 19.0. The van der Waals surface area contributed by atoms with Crippen molar-refractivity contribution in [1.29, 1.82) is 0 Å². The second kappa shape index (κ2) is 6.34. The Morgan fingerprint density at radius 2 is 0.926 bits per heavy atom. The second-order valence-corrected chi connectivity index (χ2v) is 10.2. The van der Waals surface area contributed by atoms with Gasteiger partial charge in [0.25, 0.3) is 0 Å². The number of fused-ring (bicyclic) bond motifs is 2. The number of aryl methyl sites for hydroxylation is 4. The smallest absolute Gasteiger partial charge is 0.0655 e. The van der Waals surface area contributed by atoms with Crippen LogP contribution < -0.4 is 0 Å². The summed E-state index contributed by atoms with van der Waals surface area (Å²) in [7, 11) is 0.876. The molecule has 0 saturated heterocycles. The summed E-state index contributed by atoms with van der Waals surface area (Å²) < 4.78 is 0. The number of hydrogen-bond acceptors (Lipinski definition) is 0. The van der Waals surface area contributed by atoms with E-state index in [9.17, 15) is 0 Å². The molecule has 2 unspecified atom stereocenters. The van der Waals surface area contributed by atoms with Gasteiger partial charge in [-0.25, -0.2) is 0 Å². The number of rotatable bonds is 2. The standard InChI is InChI=1S/C26H30Si/c1-13-9-15(3)23-17(5)19(7)25(21(23)11-13)27-26-20(8)18(6)24-16(4)10-14(2)12-22(24)26/h9-12,25-26H,1-8H3. The minimum Gasteiger partial charge on any atom is -0.0655 e. The fourth-order valence-corrected chi connectivity index (χ4v) is 7.45. The Bertz CT molecular complexity index is 949. The van der Waals surface area contributed by atoms with E-state index in [4.69, 9.17) is 0 Å². The van der Waals surface area contributed by atoms with Crippen LogP contribution in [-0.4, -0.2) is 9.52 Å². The molecule has 0 aliphatic heterocycles. The monoisotopic (exact) mass is 370 g/mol. The zero-order chi connectivity index (χ0) is 19.6. The Kier molecular flexibility index (Phi) is 4.34. The fourth-order valence-electron chi connectivity index (χ4n) is 5.37. The van der Waals surface area contributed by atoms with Gasteiger partial charge in [0.1, 0.15) is 0 Å². The van der Waals surface area contributed by atoms with Crippen LogP contribution in [0, 0.1) is 27.7 Å². The lowest BCUT2D eigenvalue weighted by Crippen LogP contribution is -2.17. The van der Waals surface area contributed by atoms with E-state index in [1.807, 2.05) is 0 Å².